The van der Waals surface area contributed by atoms with Gasteiger partial charge in [0.1, 0.15) is 0 Å². The van der Waals surface area contributed by atoms with E-state index in [1.165, 1.54) is 16.7 Å². The Kier molecular flexibility index (Phi) is 3.94. The predicted molar refractivity (Wildman–Crippen MR) is 69.9 cm³/mol. The van der Waals surface area contributed by atoms with Crippen LogP contribution in [0.3, 0.4) is 0 Å². The average Bonchev–Trinajstić information content (AvgIpc) is 2.85. The first-order chi connectivity index (χ1) is 8.31. The lowest BCUT2D eigenvalue weighted by Gasteiger charge is -2.17. The first-order valence-corrected chi connectivity index (χ1v) is 6.10. The molecule has 0 fully saturated rings. The highest BCUT2D eigenvalue weighted by Gasteiger charge is 2.13. The summed E-state index contributed by atoms with van der Waals surface area (Å²) < 4.78 is 0. The van der Waals surface area contributed by atoms with E-state index in [1.54, 1.807) is 0 Å². The van der Waals surface area contributed by atoms with Gasteiger partial charge < -0.3 is 5.32 Å². The van der Waals surface area contributed by atoms with E-state index in [4.69, 9.17) is 0 Å². The van der Waals surface area contributed by atoms with E-state index in [1.807, 2.05) is 12.4 Å². The van der Waals surface area contributed by atoms with Crippen LogP contribution in [0.2, 0.25) is 0 Å². The lowest BCUT2D eigenvalue weighted by Crippen LogP contribution is -2.22. The monoisotopic (exact) mass is 229 g/mol. The fraction of sp³-hybridized carbons (Fsp3) is 0.357. The third-order valence-corrected chi connectivity index (χ3v) is 2.86. The van der Waals surface area contributed by atoms with Crippen molar-refractivity contribution >= 4 is 0 Å². The molecule has 3 heteroatoms. The zero-order valence-corrected chi connectivity index (χ0v) is 10.4. The Labute approximate surface area is 102 Å². The van der Waals surface area contributed by atoms with Crippen LogP contribution < -0.4 is 5.32 Å². The smallest absolute Gasteiger partial charge is 0.0607 e. The molecule has 0 aliphatic rings. The molecule has 17 heavy (non-hydrogen) atoms. The Balaban J connectivity index is 2.23. The van der Waals surface area contributed by atoms with Crippen LogP contribution in [-0.2, 0) is 0 Å². The number of nitrogens with one attached hydrogen (secondary N) is 2. The summed E-state index contributed by atoms with van der Waals surface area (Å²) in [5, 5.41) is 10.5. The van der Waals surface area contributed by atoms with Gasteiger partial charge in [0, 0.05) is 11.8 Å². The molecule has 1 atom stereocenters. The number of H-pyrrole nitrogens is 1. The molecule has 0 saturated carbocycles. The SMILES string of the molecule is CCCNC(c1ccc(C)cc1)c1cn[nH]c1. The van der Waals surface area contributed by atoms with Crippen LogP contribution in [0.15, 0.2) is 36.7 Å². The summed E-state index contributed by atoms with van der Waals surface area (Å²) >= 11 is 0. The van der Waals surface area contributed by atoms with Gasteiger partial charge >= 0.3 is 0 Å². The quantitative estimate of drug-likeness (QED) is 0.827. The van der Waals surface area contributed by atoms with Crippen molar-refractivity contribution in [1.29, 1.82) is 0 Å². The predicted octanol–water partition coefficient (Wildman–Crippen LogP) is 2.81. The molecule has 0 radical (unpaired) electrons. The van der Waals surface area contributed by atoms with Gasteiger partial charge in [0.2, 0.25) is 0 Å². The molecule has 0 amide bonds. The van der Waals surface area contributed by atoms with E-state index in [0.29, 0.717) is 0 Å². The molecule has 2 rings (SSSR count). The van der Waals surface area contributed by atoms with Crippen molar-refractivity contribution < 1.29 is 0 Å². The van der Waals surface area contributed by atoms with Gasteiger partial charge in [-0.2, -0.15) is 5.10 Å². The zero-order valence-electron chi connectivity index (χ0n) is 10.4. The summed E-state index contributed by atoms with van der Waals surface area (Å²) in [5.41, 5.74) is 3.75. The number of aromatic nitrogens is 2. The molecule has 0 bridgehead atoms. The minimum absolute atomic E-state index is 0.231. The van der Waals surface area contributed by atoms with Gasteiger partial charge in [-0.25, -0.2) is 0 Å². The van der Waals surface area contributed by atoms with Crippen LogP contribution >= 0.6 is 0 Å². The van der Waals surface area contributed by atoms with Gasteiger partial charge in [-0.15, -0.1) is 0 Å². The van der Waals surface area contributed by atoms with E-state index in [0.717, 1.165) is 13.0 Å². The highest BCUT2D eigenvalue weighted by atomic mass is 15.1. The lowest BCUT2D eigenvalue weighted by molar-refractivity contribution is 0.599. The topological polar surface area (TPSA) is 40.7 Å². The second-order valence-corrected chi connectivity index (χ2v) is 4.33. The van der Waals surface area contributed by atoms with E-state index in [-0.39, 0.29) is 6.04 Å². The Morgan fingerprint density at radius 3 is 2.59 bits per heavy atom. The first-order valence-electron chi connectivity index (χ1n) is 6.10. The first kappa shape index (κ1) is 11.9. The van der Waals surface area contributed by atoms with E-state index < -0.39 is 0 Å². The number of aromatic amines is 1. The molecule has 1 aromatic heterocycles. The van der Waals surface area contributed by atoms with Gasteiger partial charge in [-0.3, -0.25) is 5.10 Å². The summed E-state index contributed by atoms with van der Waals surface area (Å²) in [5.74, 6) is 0. The Morgan fingerprint density at radius 2 is 2.00 bits per heavy atom. The summed E-state index contributed by atoms with van der Waals surface area (Å²) in [6.07, 6.45) is 4.96. The maximum absolute atomic E-state index is 4.03. The van der Waals surface area contributed by atoms with E-state index >= 15 is 0 Å². The van der Waals surface area contributed by atoms with Crippen LogP contribution in [0.5, 0.6) is 0 Å². The molecular weight excluding hydrogens is 210 g/mol. The van der Waals surface area contributed by atoms with Gasteiger partial charge in [0.15, 0.2) is 0 Å². The average molecular weight is 229 g/mol. The minimum atomic E-state index is 0.231. The van der Waals surface area contributed by atoms with Gasteiger partial charge in [-0.05, 0) is 25.5 Å². The number of aryl methyl sites for hydroxylation is 1. The number of rotatable bonds is 5. The van der Waals surface area contributed by atoms with Crippen LogP contribution in [0.4, 0.5) is 0 Å². The van der Waals surface area contributed by atoms with Crippen molar-refractivity contribution in [2.45, 2.75) is 26.3 Å². The molecular formula is C14H19N3. The number of benzene rings is 1. The molecule has 1 heterocycles. The van der Waals surface area contributed by atoms with Crippen LogP contribution in [0.1, 0.15) is 36.1 Å². The van der Waals surface area contributed by atoms with E-state index in [9.17, 15) is 0 Å². The molecule has 0 spiro atoms. The van der Waals surface area contributed by atoms with Crippen molar-refractivity contribution in [3.8, 4) is 0 Å². The van der Waals surface area contributed by atoms with Crippen molar-refractivity contribution in [3.05, 3.63) is 53.3 Å². The van der Waals surface area contributed by atoms with Crippen LogP contribution in [0, 0.1) is 6.92 Å². The van der Waals surface area contributed by atoms with Crippen LogP contribution in [-0.4, -0.2) is 16.7 Å². The maximum Gasteiger partial charge on any atom is 0.0607 e. The Hall–Kier alpha value is -1.61. The van der Waals surface area contributed by atoms with Crippen LogP contribution in [0.25, 0.3) is 0 Å². The molecule has 1 unspecified atom stereocenters. The minimum Gasteiger partial charge on any atom is -0.306 e. The molecule has 2 aromatic rings. The van der Waals surface area contributed by atoms with Crippen molar-refractivity contribution in [1.82, 2.24) is 15.5 Å². The molecule has 90 valence electrons. The highest BCUT2D eigenvalue weighted by molar-refractivity contribution is 5.31. The molecule has 3 nitrogen and oxygen atoms in total. The Morgan fingerprint density at radius 1 is 1.24 bits per heavy atom. The van der Waals surface area contributed by atoms with E-state index in [2.05, 4.69) is 53.6 Å². The fourth-order valence-corrected chi connectivity index (χ4v) is 1.89. The third-order valence-electron chi connectivity index (χ3n) is 2.86. The summed E-state index contributed by atoms with van der Waals surface area (Å²) in [7, 11) is 0. The lowest BCUT2D eigenvalue weighted by atomic mass is 10.0. The third kappa shape index (κ3) is 2.94. The van der Waals surface area contributed by atoms with Gasteiger partial charge in [0.25, 0.3) is 0 Å². The largest absolute Gasteiger partial charge is 0.306 e. The molecule has 2 N–H and O–H groups in total. The molecule has 0 saturated heterocycles. The zero-order chi connectivity index (χ0) is 12.1. The van der Waals surface area contributed by atoms with Crippen molar-refractivity contribution in [2.75, 3.05) is 6.54 Å². The standard InChI is InChI=1S/C14H19N3/c1-3-8-15-14(13-9-16-17-10-13)12-6-4-11(2)5-7-12/h4-7,9-10,14-15H,3,8H2,1-2H3,(H,16,17). The fourth-order valence-electron chi connectivity index (χ4n) is 1.89. The maximum atomic E-state index is 4.03. The second-order valence-electron chi connectivity index (χ2n) is 4.33. The van der Waals surface area contributed by atoms with Crippen molar-refractivity contribution in [3.63, 3.8) is 0 Å². The molecule has 0 aliphatic heterocycles. The highest BCUT2D eigenvalue weighted by Crippen LogP contribution is 2.21. The summed E-state index contributed by atoms with van der Waals surface area (Å²) in [6.45, 7) is 5.29. The number of hydrogen-bond acceptors (Lipinski definition) is 2. The number of nitrogens with zero attached hydrogens (tertiary/aromatic N) is 1. The number of hydrogen-bond donors (Lipinski definition) is 2. The Bertz CT molecular complexity index is 431. The normalized spacial score (nSPS) is 12.6. The molecule has 1 aromatic carbocycles. The second kappa shape index (κ2) is 5.64. The molecule has 0 aliphatic carbocycles. The van der Waals surface area contributed by atoms with Crippen molar-refractivity contribution in [2.24, 2.45) is 0 Å². The summed E-state index contributed by atoms with van der Waals surface area (Å²) in [4.78, 5) is 0. The summed E-state index contributed by atoms with van der Waals surface area (Å²) in [6, 6.07) is 8.88. The van der Waals surface area contributed by atoms with Gasteiger partial charge in [0.05, 0.1) is 12.2 Å². The van der Waals surface area contributed by atoms with Gasteiger partial charge in [-0.1, -0.05) is 36.8 Å².